The highest BCUT2D eigenvalue weighted by Crippen LogP contribution is 2.35. The van der Waals surface area contributed by atoms with Crippen molar-refractivity contribution in [1.82, 2.24) is 0 Å². The second-order valence-corrected chi connectivity index (χ2v) is 5.11. The van der Waals surface area contributed by atoms with E-state index >= 15 is 0 Å². The van der Waals surface area contributed by atoms with Gasteiger partial charge in [-0.1, -0.05) is 6.92 Å². The van der Waals surface area contributed by atoms with Crippen LogP contribution < -0.4 is 4.74 Å². The van der Waals surface area contributed by atoms with E-state index in [9.17, 15) is 4.79 Å². The van der Waals surface area contributed by atoms with E-state index in [1.807, 2.05) is 0 Å². The van der Waals surface area contributed by atoms with Crippen LogP contribution in [-0.2, 0) is 11.4 Å². The van der Waals surface area contributed by atoms with Gasteiger partial charge in [-0.05, 0) is 56.0 Å². The van der Waals surface area contributed by atoms with Crippen LogP contribution in [0.15, 0.2) is 21.1 Å². The van der Waals surface area contributed by atoms with E-state index in [1.54, 1.807) is 19.1 Å². The maximum Gasteiger partial charge on any atom is 0.344 e. The molecule has 1 aromatic carbocycles. The molecule has 0 saturated heterocycles. The number of ether oxygens (including phenoxy) is 1. The van der Waals surface area contributed by atoms with Crippen molar-refractivity contribution in [2.45, 2.75) is 26.1 Å². The molecule has 0 saturated carbocycles. The van der Waals surface area contributed by atoms with E-state index in [-0.39, 0.29) is 6.61 Å². The van der Waals surface area contributed by atoms with E-state index in [0.717, 1.165) is 0 Å². The summed E-state index contributed by atoms with van der Waals surface area (Å²) >= 11 is 6.57. The van der Waals surface area contributed by atoms with Crippen molar-refractivity contribution >= 4 is 37.8 Å². The summed E-state index contributed by atoms with van der Waals surface area (Å²) in [6, 6.07) is 3.38. The molecule has 0 aromatic heterocycles. The third-order valence-electron chi connectivity index (χ3n) is 2.15. The number of benzene rings is 1. The quantitative estimate of drug-likeness (QED) is 0.839. The maximum atomic E-state index is 10.9. The molecular weight excluding hydrogens is 356 g/mol. The summed E-state index contributed by atoms with van der Waals surface area (Å²) in [5, 5.41) is 17.9. The van der Waals surface area contributed by atoms with Crippen molar-refractivity contribution in [3.05, 3.63) is 26.6 Å². The van der Waals surface area contributed by atoms with Gasteiger partial charge in [0.05, 0.1) is 15.6 Å². The SMILES string of the molecule is CCC(Oc1c(Br)cc(CO)cc1Br)C(=O)O. The normalized spacial score (nSPS) is 12.2. The van der Waals surface area contributed by atoms with Crippen LogP contribution in [0, 0.1) is 0 Å². The number of hydrogen-bond acceptors (Lipinski definition) is 3. The second-order valence-electron chi connectivity index (χ2n) is 3.40. The lowest BCUT2D eigenvalue weighted by Crippen LogP contribution is -2.26. The zero-order valence-corrected chi connectivity index (χ0v) is 12.3. The largest absolute Gasteiger partial charge is 0.479 e. The van der Waals surface area contributed by atoms with Crippen LogP contribution in [0.2, 0.25) is 0 Å². The highest BCUT2D eigenvalue weighted by Gasteiger charge is 2.20. The van der Waals surface area contributed by atoms with Crippen molar-refractivity contribution in [3.63, 3.8) is 0 Å². The van der Waals surface area contributed by atoms with E-state index in [1.165, 1.54) is 0 Å². The van der Waals surface area contributed by atoms with Gasteiger partial charge in [0.15, 0.2) is 6.10 Å². The lowest BCUT2D eigenvalue weighted by atomic mass is 10.2. The molecule has 0 spiro atoms. The summed E-state index contributed by atoms with van der Waals surface area (Å²) in [5.74, 6) is -0.575. The number of aliphatic hydroxyl groups excluding tert-OH is 1. The summed E-state index contributed by atoms with van der Waals surface area (Å²) in [7, 11) is 0. The van der Waals surface area contributed by atoms with Gasteiger partial charge in [-0.3, -0.25) is 0 Å². The summed E-state index contributed by atoms with van der Waals surface area (Å²) in [6.07, 6.45) is -0.516. The first-order valence-electron chi connectivity index (χ1n) is 4.97. The van der Waals surface area contributed by atoms with Gasteiger partial charge < -0.3 is 14.9 Å². The standard InChI is InChI=1S/C11H12Br2O4/c1-2-9(11(15)16)17-10-7(12)3-6(5-14)4-8(10)13/h3-4,9,14H,2,5H2,1H3,(H,15,16). The molecule has 0 radical (unpaired) electrons. The third kappa shape index (κ3) is 3.69. The number of aliphatic hydroxyl groups is 1. The molecule has 1 aromatic rings. The first-order valence-corrected chi connectivity index (χ1v) is 6.56. The average molecular weight is 368 g/mol. The Kier molecular flexibility index (Phi) is 5.42. The molecule has 1 atom stereocenters. The smallest absolute Gasteiger partial charge is 0.344 e. The fourth-order valence-corrected chi connectivity index (χ4v) is 2.74. The van der Waals surface area contributed by atoms with E-state index in [4.69, 9.17) is 14.9 Å². The molecule has 94 valence electrons. The molecule has 1 rings (SSSR count). The number of aliphatic carboxylic acids is 1. The van der Waals surface area contributed by atoms with Gasteiger partial charge in [-0.2, -0.15) is 0 Å². The predicted molar refractivity (Wildman–Crippen MR) is 70.1 cm³/mol. The van der Waals surface area contributed by atoms with Gasteiger partial charge in [0.2, 0.25) is 0 Å². The highest BCUT2D eigenvalue weighted by molar-refractivity contribution is 9.11. The van der Waals surface area contributed by atoms with Crippen LogP contribution in [0.4, 0.5) is 0 Å². The monoisotopic (exact) mass is 366 g/mol. The summed E-state index contributed by atoms with van der Waals surface area (Å²) in [4.78, 5) is 10.9. The molecule has 0 bridgehead atoms. The third-order valence-corrected chi connectivity index (χ3v) is 3.33. The minimum atomic E-state index is -1.00. The maximum absolute atomic E-state index is 10.9. The van der Waals surface area contributed by atoms with Crippen LogP contribution in [0.3, 0.4) is 0 Å². The van der Waals surface area contributed by atoms with Gasteiger partial charge in [0, 0.05) is 0 Å². The van der Waals surface area contributed by atoms with Gasteiger partial charge in [-0.15, -0.1) is 0 Å². The van der Waals surface area contributed by atoms with Crippen LogP contribution in [-0.4, -0.2) is 22.3 Å². The zero-order chi connectivity index (χ0) is 13.0. The molecule has 0 aliphatic rings. The molecule has 0 aliphatic carbocycles. The van der Waals surface area contributed by atoms with Crippen molar-refractivity contribution in [2.75, 3.05) is 0 Å². The fourth-order valence-electron chi connectivity index (χ4n) is 1.27. The Bertz CT molecular complexity index is 397. The number of carboxylic acids is 1. The van der Waals surface area contributed by atoms with Gasteiger partial charge in [-0.25, -0.2) is 4.79 Å². The summed E-state index contributed by atoms with van der Waals surface area (Å²) in [6.45, 7) is 1.65. The lowest BCUT2D eigenvalue weighted by Gasteiger charge is -2.16. The van der Waals surface area contributed by atoms with Crippen LogP contribution in [0.25, 0.3) is 0 Å². The Balaban J connectivity index is 3.02. The summed E-state index contributed by atoms with van der Waals surface area (Å²) < 4.78 is 6.63. The van der Waals surface area contributed by atoms with Crippen molar-refractivity contribution in [3.8, 4) is 5.75 Å². The van der Waals surface area contributed by atoms with Gasteiger partial charge >= 0.3 is 5.97 Å². The van der Waals surface area contributed by atoms with Crippen LogP contribution in [0.5, 0.6) is 5.75 Å². The Morgan fingerprint density at radius 1 is 1.41 bits per heavy atom. The topological polar surface area (TPSA) is 66.8 Å². The Morgan fingerprint density at radius 3 is 2.29 bits per heavy atom. The minimum absolute atomic E-state index is 0.0897. The van der Waals surface area contributed by atoms with E-state index < -0.39 is 12.1 Å². The first-order chi connectivity index (χ1) is 7.99. The Hall–Kier alpha value is -0.590. The molecule has 0 amide bonds. The lowest BCUT2D eigenvalue weighted by molar-refractivity contribution is -0.145. The van der Waals surface area contributed by atoms with Crippen molar-refractivity contribution in [1.29, 1.82) is 0 Å². The number of hydrogen-bond donors (Lipinski definition) is 2. The minimum Gasteiger partial charge on any atom is -0.479 e. The predicted octanol–water partition coefficient (Wildman–Crippen LogP) is 2.95. The number of carbonyl (C=O) groups is 1. The molecular formula is C11H12Br2O4. The highest BCUT2D eigenvalue weighted by atomic mass is 79.9. The van der Waals surface area contributed by atoms with Crippen molar-refractivity contribution < 1.29 is 19.7 Å². The number of carboxylic acid groups (broad SMARTS) is 1. The van der Waals surface area contributed by atoms with Gasteiger partial charge in [0.1, 0.15) is 5.75 Å². The molecule has 17 heavy (non-hydrogen) atoms. The van der Waals surface area contributed by atoms with E-state index in [0.29, 0.717) is 26.7 Å². The second kappa shape index (κ2) is 6.37. The average Bonchev–Trinajstić information content (AvgIpc) is 2.27. The van der Waals surface area contributed by atoms with Crippen molar-refractivity contribution in [2.24, 2.45) is 0 Å². The molecule has 6 heteroatoms. The fraction of sp³-hybridized carbons (Fsp3) is 0.364. The first kappa shape index (κ1) is 14.5. The molecule has 1 unspecified atom stereocenters. The molecule has 0 aliphatic heterocycles. The zero-order valence-electron chi connectivity index (χ0n) is 9.11. The summed E-state index contributed by atoms with van der Waals surface area (Å²) in [5.41, 5.74) is 0.708. The number of rotatable bonds is 5. The van der Waals surface area contributed by atoms with E-state index in [2.05, 4.69) is 31.9 Å². The van der Waals surface area contributed by atoms with Gasteiger partial charge in [0.25, 0.3) is 0 Å². The molecule has 2 N–H and O–H groups in total. The number of halogens is 2. The molecule has 0 heterocycles. The molecule has 0 fully saturated rings. The Morgan fingerprint density at radius 2 is 1.94 bits per heavy atom. The molecule has 4 nitrogen and oxygen atoms in total. The van der Waals surface area contributed by atoms with Crippen LogP contribution >= 0.6 is 31.9 Å². The van der Waals surface area contributed by atoms with Crippen LogP contribution in [0.1, 0.15) is 18.9 Å². The Labute approximate surface area is 116 Å².